The molecule has 1 N–H and O–H groups in total. The summed E-state index contributed by atoms with van der Waals surface area (Å²) in [7, 11) is 0.182. The van der Waals surface area contributed by atoms with E-state index in [1.807, 2.05) is 0 Å². The van der Waals surface area contributed by atoms with Gasteiger partial charge in [0.2, 0.25) is 0 Å². The lowest BCUT2D eigenvalue weighted by atomic mass is 10.2. The monoisotopic (exact) mass is 228 g/mol. The number of ether oxygens (including phenoxy) is 1. The Labute approximate surface area is 90.3 Å². The highest BCUT2D eigenvalue weighted by Gasteiger charge is 2.07. The number of benzene rings is 1. The summed E-state index contributed by atoms with van der Waals surface area (Å²) in [5.41, 5.74) is 0.814. The second-order valence-electron chi connectivity index (χ2n) is 2.97. The normalized spacial score (nSPS) is 12.1. The minimum absolute atomic E-state index is 0.240. The van der Waals surface area contributed by atoms with Crippen LogP contribution in [0.25, 0.3) is 0 Å². The van der Waals surface area contributed by atoms with Gasteiger partial charge < -0.3 is 9.84 Å². The molecule has 1 aromatic rings. The fourth-order valence-corrected chi connectivity index (χ4v) is 2.07. The van der Waals surface area contributed by atoms with E-state index in [9.17, 15) is 9.00 Å². The fourth-order valence-electron chi connectivity index (χ4n) is 1.14. The first-order valence-corrected chi connectivity index (χ1v) is 5.80. The molecule has 4 nitrogen and oxygen atoms in total. The topological polar surface area (TPSA) is 63.6 Å². The Morgan fingerprint density at radius 3 is 2.87 bits per heavy atom. The van der Waals surface area contributed by atoms with E-state index >= 15 is 0 Å². The summed E-state index contributed by atoms with van der Waals surface area (Å²) in [5.74, 6) is -0.447. The van der Waals surface area contributed by atoms with Crippen molar-refractivity contribution in [3.63, 3.8) is 0 Å². The zero-order valence-corrected chi connectivity index (χ0v) is 9.12. The van der Waals surface area contributed by atoms with Crippen LogP contribution in [0.15, 0.2) is 24.3 Å². The molecule has 0 radical (unpaired) electrons. The molecular formula is C10H12O4S. The van der Waals surface area contributed by atoms with Crippen molar-refractivity contribution in [3.8, 4) is 5.75 Å². The van der Waals surface area contributed by atoms with Crippen molar-refractivity contribution in [1.82, 2.24) is 0 Å². The Bertz CT molecular complexity index is 375. The van der Waals surface area contributed by atoms with Crippen LogP contribution >= 0.6 is 0 Å². The first-order chi connectivity index (χ1) is 7.11. The van der Waals surface area contributed by atoms with E-state index < -0.39 is 16.8 Å². The Morgan fingerprint density at radius 1 is 1.53 bits per heavy atom. The van der Waals surface area contributed by atoms with Gasteiger partial charge in [-0.1, -0.05) is 12.1 Å². The van der Waals surface area contributed by atoms with Gasteiger partial charge in [0.15, 0.2) is 0 Å². The van der Waals surface area contributed by atoms with E-state index in [-0.39, 0.29) is 11.5 Å². The zero-order valence-electron chi connectivity index (χ0n) is 8.30. The molecule has 15 heavy (non-hydrogen) atoms. The summed E-state index contributed by atoms with van der Waals surface area (Å²) < 4.78 is 16.3. The first-order valence-electron chi connectivity index (χ1n) is 4.31. The Hall–Kier alpha value is -1.36. The molecular weight excluding hydrogens is 216 g/mol. The van der Waals surface area contributed by atoms with Crippen LogP contribution < -0.4 is 4.74 Å². The SMILES string of the molecule is COc1cccc(CS(=O)CC(=O)O)c1. The molecule has 0 spiro atoms. The number of carboxylic acid groups (broad SMARTS) is 1. The summed E-state index contributed by atoms with van der Waals surface area (Å²) in [6.45, 7) is 0. The molecule has 0 aliphatic rings. The molecule has 1 aromatic carbocycles. The van der Waals surface area contributed by atoms with Gasteiger partial charge >= 0.3 is 5.97 Å². The summed E-state index contributed by atoms with van der Waals surface area (Å²) in [6, 6.07) is 7.11. The third-order valence-corrected chi connectivity index (χ3v) is 2.97. The molecule has 0 fully saturated rings. The van der Waals surface area contributed by atoms with Gasteiger partial charge in [0.1, 0.15) is 11.5 Å². The molecule has 0 amide bonds. The van der Waals surface area contributed by atoms with Gasteiger partial charge in [0, 0.05) is 16.6 Å². The van der Waals surface area contributed by atoms with Crippen molar-refractivity contribution in [1.29, 1.82) is 0 Å². The lowest BCUT2D eigenvalue weighted by Gasteiger charge is -2.03. The van der Waals surface area contributed by atoms with Crippen molar-refractivity contribution < 1.29 is 18.8 Å². The van der Waals surface area contributed by atoms with Crippen LogP contribution in [-0.4, -0.2) is 28.1 Å². The summed E-state index contributed by atoms with van der Waals surface area (Å²) >= 11 is 0. The highest BCUT2D eigenvalue weighted by molar-refractivity contribution is 7.84. The maximum absolute atomic E-state index is 11.3. The van der Waals surface area contributed by atoms with E-state index in [0.29, 0.717) is 5.75 Å². The maximum atomic E-state index is 11.3. The molecule has 5 heteroatoms. The molecule has 0 heterocycles. The summed E-state index contributed by atoms with van der Waals surface area (Å²) in [6.07, 6.45) is 0. The molecule has 0 aliphatic heterocycles. The molecule has 0 bridgehead atoms. The molecule has 1 unspecified atom stereocenters. The van der Waals surface area contributed by atoms with Crippen LogP contribution in [0.5, 0.6) is 5.75 Å². The van der Waals surface area contributed by atoms with Gasteiger partial charge in [-0.2, -0.15) is 0 Å². The predicted molar refractivity (Wildman–Crippen MR) is 57.3 cm³/mol. The van der Waals surface area contributed by atoms with Crippen molar-refractivity contribution in [2.75, 3.05) is 12.9 Å². The van der Waals surface area contributed by atoms with E-state index in [1.54, 1.807) is 31.4 Å². The standard InChI is InChI=1S/C10H12O4S/c1-14-9-4-2-3-8(5-9)6-15(13)7-10(11)12/h2-5H,6-7H2,1H3,(H,11,12). The molecule has 1 atom stereocenters. The van der Waals surface area contributed by atoms with Crippen molar-refractivity contribution in [2.45, 2.75) is 5.75 Å². The maximum Gasteiger partial charge on any atom is 0.316 e. The number of hydrogen-bond donors (Lipinski definition) is 1. The van der Waals surface area contributed by atoms with Gasteiger partial charge in [-0.05, 0) is 17.7 Å². The van der Waals surface area contributed by atoms with E-state index in [0.717, 1.165) is 5.56 Å². The highest BCUT2D eigenvalue weighted by Crippen LogP contribution is 2.13. The van der Waals surface area contributed by atoms with Gasteiger partial charge in [-0.25, -0.2) is 0 Å². The smallest absolute Gasteiger partial charge is 0.316 e. The van der Waals surface area contributed by atoms with Gasteiger partial charge in [0.05, 0.1) is 7.11 Å². The second kappa shape index (κ2) is 5.50. The van der Waals surface area contributed by atoms with Crippen molar-refractivity contribution >= 4 is 16.8 Å². The van der Waals surface area contributed by atoms with Crippen LogP contribution in [0.1, 0.15) is 5.56 Å². The Kier molecular flexibility index (Phi) is 4.30. The Balaban J connectivity index is 2.63. The average molecular weight is 228 g/mol. The number of rotatable bonds is 5. The van der Waals surface area contributed by atoms with Crippen LogP contribution in [0.4, 0.5) is 0 Å². The van der Waals surface area contributed by atoms with Crippen molar-refractivity contribution in [3.05, 3.63) is 29.8 Å². The number of hydrogen-bond acceptors (Lipinski definition) is 3. The molecule has 0 saturated heterocycles. The second-order valence-corrected chi connectivity index (χ2v) is 4.43. The highest BCUT2D eigenvalue weighted by atomic mass is 32.2. The predicted octanol–water partition coefficient (Wildman–Crippen LogP) is 1.03. The number of methoxy groups -OCH3 is 1. The van der Waals surface area contributed by atoms with Crippen LogP contribution in [0, 0.1) is 0 Å². The fraction of sp³-hybridized carbons (Fsp3) is 0.300. The molecule has 82 valence electrons. The molecule has 0 aliphatic carbocycles. The van der Waals surface area contributed by atoms with Gasteiger partial charge in [-0.15, -0.1) is 0 Å². The minimum atomic E-state index is -1.37. The van der Waals surface area contributed by atoms with E-state index in [1.165, 1.54) is 0 Å². The number of aliphatic carboxylic acids is 1. The lowest BCUT2D eigenvalue weighted by Crippen LogP contribution is -2.10. The Morgan fingerprint density at radius 2 is 2.27 bits per heavy atom. The lowest BCUT2D eigenvalue weighted by molar-refractivity contribution is -0.133. The minimum Gasteiger partial charge on any atom is -0.497 e. The van der Waals surface area contributed by atoms with Crippen LogP contribution in [0.3, 0.4) is 0 Å². The van der Waals surface area contributed by atoms with Gasteiger partial charge in [-0.3, -0.25) is 9.00 Å². The van der Waals surface area contributed by atoms with E-state index in [2.05, 4.69) is 0 Å². The van der Waals surface area contributed by atoms with E-state index in [4.69, 9.17) is 9.84 Å². The summed E-state index contributed by atoms with van der Waals surface area (Å²) in [4.78, 5) is 10.3. The largest absolute Gasteiger partial charge is 0.497 e. The third kappa shape index (κ3) is 4.12. The van der Waals surface area contributed by atoms with Crippen LogP contribution in [0.2, 0.25) is 0 Å². The molecule has 1 rings (SSSR count). The average Bonchev–Trinajstić information content (AvgIpc) is 2.16. The van der Waals surface area contributed by atoms with Gasteiger partial charge in [0.25, 0.3) is 0 Å². The third-order valence-electron chi connectivity index (χ3n) is 1.75. The van der Waals surface area contributed by atoms with Crippen molar-refractivity contribution in [2.24, 2.45) is 0 Å². The molecule has 0 aromatic heterocycles. The first kappa shape index (κ1) is 11.7. The van der Waals surface area contributed by atoms with Crippen LogP contribution in [-0.2, 0) is 21.3 Å². The molecule has 0 saturated carbocycles. The number of carboxylic acids is 1. The summed E-state index contributed by atoms with van der Waals surface area (Å²) in [5, 5.41) is 8.44. The zero-order chi connectivity index (χ0) is 11.3. The number of carbonyl (C=O) groups is 1. The quantitative estimate of drug-likeness (QED) is 0.817.